The molecule has 0 aliphatic rings. The molecule has 0 aromatic carbocycles. The van der Waals surface area contributed by atoms with Crippen LogP contribution in [0.5, 0.6) is 5.88 Å². The molecular weight excluding hydrogens is 251 g/mol. The highest BCUT2D eigenvalue weighted by molar-refractivity contribution is 7.87. The van der Waals surface area contributed by atoms with E-state index in [-0.39, 0.29) is 5.56 Å². The summed E-state index contributed by atoms with van der Waals surface area (Å²) in [5, 5.41) is 0. The van der Waals surface area contributed by atoms with Crippen molar-refractivity contribution in [2.75, 3.05) is 0 Å². The minimum atomic E-state index is -5.75. The van der Waals surface area contributed by atoms with Crippen LogP contribution in [0.1, 0.15) is 10.4 Å². The van der Waals surface area contributed by atoms with Crippen molar-refractivity contribution in [3.63, 3.8) is 0 Å². The normalized spacial score (nSPS) is 12.2. The topological polar surface area (TPSA) is 73.3 Å². The minimum Gasteiger partial charge on any atom is -0.355 e. The third-order valence-corrected chi connectivity index (χ3v) is 2.33. The fourth-order valence-electron chi connectivity index (χ4n) is 0.703. The van der Waals surface area contributed by atoms with Gasteiger partial charge in [0.05, 0.1) is 0 Å². The molecule has 0 atom stereocenters. The first-order chi connectivity index (χ1) is 7.26. The maximum Gasteiger partial charge on any atom is 0.534 e. The van der Waals surface area contributed by atoms with Crippen LogP contribution in [0.3, 0.4) is 0 Å². The minimum absolute atomic E-state index is 0.0534. The first kappa shape index (κ1) is 12.4. The van der Waals surface area contributed by atoms with Crippen LogP contribution in [0.2, 0.25) is 0 Å². The number of carbonyl (C=O) groups is 1. The van der Waals surface area contributed by atoms with E-state index in [2.05, 4.69) is 9.17 Å². The lowest BCUT2D eigenvalue weighted by molar-refractivity contribution is -0.0501. The number of nitrogens with zero attached hydrogens (tertiary/aromatic N) is 1. The Balaban J connectivity index is 3.02. The summed E-state index contributed by atoms with van der Waals surface area (Å²) in [4.78, 5) is 13.5. The predicted octanol–water partition coefficient (Wildman–Crippen LogP) is 1.12. The molecule has 0 aliphatic carbocycles. The molecule has 88 valence electrons. The number of alkyl halides is 3. The molecule has 0 saturated carbocycles. The van der Waals surface area contributed by atoms with Crippen molar-refractivity contribution in [3.05, 3.63) is 23.9 Å². The van der Waals surface area contributed by atoms with Crippen LogP contribution in [0, 0.1) is 0 Å². The Morgan fingerprint density at radius 3 is 2.50 bits per heavy atom. The summed E-state index contributed by atoms with van der Waals surface area (Å²) < 4.78 is 60.5. The van der Waals surface area contributed by atoms with Gasteiger partial charge in [0.1, 0.15) is 6.29 Å². The molecule has 0 N–H and O–H groups in total. The molecule has 1 rings (SSSR count). The van der Waals surface area contributed by atoms with Crippen molar-refractivity contribution in [2.24, 2.45) is 0 Å². The van der Waals surface area contributed by atoms with E-state index in [9.17, 15) is 26.4 Å². The lowest BCUT2D eigenvalue weighted by Gasteiger charge is -2.08. The molecule has 0 unspecified atom stereocenters. The summed E-state index contributed by atoms with van der Waals surface area (Å²) in [5.74, 6) is -0.818. The summed E-state index contributed by atoms with van der Waals surface area (Å²) in [6.45, 7) is 0. The van der Waals surface area contributed by atoms with Gasteiger partial charge in [0.15, 0.2) is 0 Å². The molecule has 0 radical (unpaired) electrons. The molecule has 16 heavy (non-hydrogen) atoms. The van der Waals surface area contributed by atoms with E-state index in [0.29, 0.717) is 6.29 Å². The van der Waals surface area contributed by atoms with Gasteiger partial charge in [-0.3, -0.25) is 4.79 Å². The summed E-state index contributed by atoms with van der Waals surface area (Å²) in [7, 11) is -5.75. The molecule has 9 heteroatoms. The second kappa shape index (κ2) is 4.08. The zero-order valence-corrected chi connectivity index (χ0v) is 8.25. The third-order valence-electron chi connectivity index (χ3n) is 1.37. The quantitative estimate of drug-likeness (QED) is 0.459. The maximum atomic E-state index is 11.9. The Bertz CT molecular complexity index is 497. The molecule has 0 bridgehead atoms. The van der Waals surface area contributed by atoms with Gasteiger partial charge in [0.25, 0.3) is 0 Å². The Hall–Kier alpha value is -1.64. The summed E-state index contributed by atoms with van der Waals surface area (Å²) >= 11 is 0. The average molecular weight is 255 g/mol. The van der Waals surface area contributed by atoms with Crippen molar-refractivity contribution >= 4 is 16.4 Å². The zero-order chi connectivity index (χ0) is 12.4. The first-order valence-corrected chi connectivity index (χ1v) is 5.09. The smallest absolute Gasteiger partial charge is 0.355 e. The molecule has 1 heterocycles. The van der Waals surface area contributed by atoms with Gasteiger partial charge in [0.2, 0.25) is 5.88 Å². The number of aromatic nitrogens is 1. The van der Waals surface area contributed by atoms with Crippen molar-refractivity contribution in [3.8, 4) is 5.88 Å². The molecule has 1 aromatic heterocycles. The second-order valence-electron chi connectivity index (χ2n) is 2.53. The zero-order valence-electron chi connectivity index (χ0n) is 7.43. The number of pyridine rings is 1. The Labute approximate surface area is 88.0 Å². The van der Waals surface area contributed by atoms with Gasteiger partial charge in [-0.15, -0.1) is 0 Å². The van der Waals surface area contributed by atoms with E-state index in [1.165, 1.54) is 6.07 Å². The van der Waals surface area contributed by atoms with E-state index >= 15 is 0 Å². The van der Waals surface area contributed by atoms with Crippen molar-refractivity contribution in [1.82, 2.24) is 4.98 Å². The fourth-order valence-corrected chi connectivity index (χ4v) is 1.11. The van der Waals surface area contributed by atoms with Gasteiger partial charge in [-0.1, -0.05) is 0 Å². The molecule has 0 amide bonds. The Morgan fingerprint density at radius 1 is 1.38 bits per heavy atom. The highest BCUT2D eigenvalue weighted by atomic mass is 32.2. The van der Waals surface area contributed by atoms with E-state index in [1.807, 2.05) is 0 Å². The summed E-state index contributed by atoms with van der Waals surface area (Å²) in [5.41, 5.74) is -5.59. The molecule has 1 aromatic rings. The fraction of sp³-hybridized carbons (Fsp3) is 0.143. The van der Waals surface area contributed by atoms with Crippen molar-refractivity contribution in [2.45, 2.75) is 5.51 Å². The maximum absolute atomic E-state index is 11.9. The second-order valence-corrected chi connectivity index (χ2v) is 4.07. The molecule has 0 spiro atoms. The van der Waals surface area contributed by atoms with Crippen LogP contribution in [-0.2, 0) is 10.1 Å². The van der Waals surface area contributed by atoms with Gasteiger partial charge in [0, 0.05) is 17.8 Å². The highest BCUT2D eigenvalue weighted by Gasteiger charge is 2.48. The first-order valence-electron chi connectivity index (χ1n) is 3.68. The Kier molecular flexibility index (Phi) is 3.17. The van der Waals surface area contributed by atoms with Gasteiger partial charge in [-0.05, 0) is 6.07 Å². The third kappa shape index (κ3) is 2.69. The molecule has 0 aliphatic heterocycles. The number of hydrogen-bond donors (Lipinski definition) is 0. The van der Waals surface area contributed by atoms with Gasteiger partial charge in [-0.2, -0.15) is 21.6 Å². The lowest BCUT2D eigenvalue weighted by Crippen LogP contribution is -2.28. The van der Waals surface area contributed by atoms with E-state index < -0.39 is 21.5 Å². The van der Waals surface area contributed by atoms with Gasteiger partial charge in [-0.25, -0.2) is 4.98 Å². The SMILES string of the molecule is O=Cc1ccnc(OS(=O)(=O)C(F)(F)F)c1. The van der Waals surface area contributed by atoms with Crippen LogP contribution in [0.4, 0.5) is 13.2 Å². The van der Waals surface area contributed by atoms with Crippen LogP contribution < -0.4 is 4.18 Å². The standard InChI is InChI=1S/C7H4F3NO4S/c8-7(9,10)16(13,14)15-6-3-5(4-12)1-2-11-6/h1-4H. The number of halogens is 3. The molecular formula is C7H4F3NO4S. The number of rotatable bonds is 3. The average Bonchev–Trinajstić information content (AvgIpc) is 2.15. The molecule has 5 nitrogen and oxygen atoms in total. The van der Waals surface area contributed by atoms with E-state index in [4.69, 9.17) is 0 Å². The lowest BCUT2D eigenvalue weighted by atomic mass is 10.3. The highest BCUT2D eigenvalue weighted by Crippen LogP contribution is 2.25. The van der Waals surface area contributed by atoms with Crippen LogP contribution >= 0.6 is 0 Å². The molecule has 0 saturated heterocycles. The largest absolute Gasteiger partial charge is 0.534 e. The number of hydrogen-bond acceptors (Lipinski definition) is 5. The van der Waals surface area contributed by atoms with E-state index in [0.717, 1.165) is 12.3 Å². The van der Waals surface area contributed by atoms with Gasteiger partial charge < -0.3 is 4.18 Å². The van der Waals surface area contributed by atoms with Crippen molar-refractivity contribution < 1.29 is 30.6 Å². The van der Waals surface area contributed by atoms with Crippen LogP contribution in [0.15, 0.2) is 18.3 Å². The summed E-state index contributed by atoms with van der Waals surface area (Å²) in [6, 6.07) is 1.95. The number of carbonyl (C=O) groups excluding carboxylic acids is 1. The number of aldehydes is 1. The van der Waals surface area contributed by atoms with E-state index in [1.54, 1.807) is 0 Å². The van der Waals surface area contributed by atoms with Crippen LogP contribution in [-0.4, -0.2) is 25.2 Å². The Morgan fingerprint density at radius 2 is 2.00 bits per heavy atom. The predicted molar refractivity (Wildman–Crippen MR) is 45.2 cm³/mol. The summed E-state index contributed by atoms with van der Waals surface area (Å²) in [6.07, 6.45) is 1.26. The monoisotopic (exact) mass is 255 g/mol. The van der Waals surface area contributed by atoms with Gasteiger partial charge >= 0.3 is 15.6 Å². The molecule has 0 fully saturated rings. The van der Waals surface area contributed by atoms with Crippen molar-refractivity contribution in [1.29, 1.82) is 0 Å². The van der Waals surface area contributed by atoms with Crippen LogP contribution in [0.25, 0.3) is 0 Å².